The molecule has 0 rings (SSSR count). The molecule has 0 aliphatic heterocycles. The van der Waals surface area contributed by atoms with E-state index < -0.39 is 5.60 Å². The molecule has 0 bridgehead atoms. The number of carbonyl (C=O) groups is 1. The van der Waals surface area contributed by atoms with Crippen molar-refractivity contribution < 1.29 is 9.53 Å². The number of hydrogen-bond acceptors (Lipinski definition) is 3. The molecule has 0 saturated carbocycles. The first-order chi connectivity index (χ1) is 7.16. The summed E-state index contributed by atoms with van der Waals surface area (Å²) in [7, 11) is 0. The van der Waals surface area contributed by atoms with Crippen LogP contribution in [0.4, 0.5) is 0 Å². The monoisotopic (exact) mass is 225 g/mol. The Labute approximate surface area is 98.6 Å². The summed E-state index contributed by atoms with van der Waals surface area (Å²) in [6, 6.07) is 0. The van der Waals surface area contributed by atoms with Crippen LogP contribution < -0.4 is 0 Å². The Morgan fingerprint density at radius 2 is 1.88 bits per heavy atom. The lowest BCUT2D eigenvalue weighted by molar-refractivity contribution is -0.152. The van der Waals surface area contributed by atoms with Gasteiger partial charge in [-0.1, -0.05) is 19.9 Å². The molecule has 16 heavy (non-hydrogen) atoms. The highest BCUT2D eigenvalue weighted by atomic mass is 16.6. The highest BCUT2D eigenvalue weighted by Crippen LogP contribution is 2.19. The van der Waals surface area contributed by atoms with Crippen molar-refractivity contribution in [3.05, 3.63) is 12.7 Å². The third kappa shape index (κ3) is 8.21. The molecule has 0 spiro atoms. The molecular formula is C13H23NO2. The number of ether oxygens (including phenoxy) is 1. The number of allylic oxidation sites excluding steroid dienone is 1. The fourth-order valence-electron chi connectivity index (χ4n) is 0.896. The minimum atomic E-state index is -0.438. The lowest BCUT2D eigenvalue weighted by atomic mass is 9.90. The van der Waals surface area contributed by atoms with Crippen molar-refractivity contribution in [3.63, 3.8) is 0 Å². The first kappa shape index (κ1) is 14.9. The van der Waals surface area contributed by atoms with Crippen molar-refractivity contribution in [2.75, 3.05) is 6.54 Å². The zero-order chi connectivity index (χ0) is 12.8. The van der Waals surface area contributed by atoms with E-state index in [0.717, 1.165) is 6.42 Å². The SMILES string of the molecule is C=CC(C)(C)C/C=N/CC(=O)OC(C)(C)C. The normalized spacial score (nSPS) is 12.8. The second-order valence-corrected chi connectivity index (χ2v) is 5.51. The van der Waals surface area contributed by atoms with E-state index in [9.17, 15) is 4.79 Å². The van der Waals surface area contributed by atoms with Crippen LogP contribution in [0.1, 0.15) is 41.0 Å². The summed E-state index contributed by atoms with van der Waals surface area (Å²) in [4.78, 5) is 15.3. The average molecular weight is 225 g/mol. The van der Waals surface area contributed by atoms with E-state index in [1.165, 1.54) is 0 Å². The molecule has 0 radical (unpaired) electrons. The van der Waals surface area contributed by atoms with Crippen molar-refractivity contribution >= 4 is 12.2 Å². The second kappa shape index (κ2) is 5.83. The summed E-state index contributed by atoms with van der Waals surface area (Å²) >= 11 is 0. The Balaban J connectivity index is 3.94. The van der Waals surface area contributed by atoms with Gasteiger partial charge in [-0.25, -0.2) is 0 Å². The molecule has 0 heterocycles. The standard InChI is InChI=1S/C13H23NO2/c1-7-13(5,6)8-9-14-10-11(15)16-12(2,3)4/h7,9H,1,8,10H2,2-6H3/b14-9+. The van der Waals surface area contributed by atoms with Crippen molar-refractivity contribution in [3.8, 4) is 0 Å². The molecule has 0 aliphatic rings. The number of nitrogens with zero attached hydrogens (tertiary/aromatic N) is 1. The largest absolute Gasteiger partial charge is 0.459 e. The molecule has 0 aromatic carbocycles. The van der Waals surface area contributed by atoms with Crippen LogP contribution in [0.5, 0.6) is 0 Å². The zero-order valence-electron chi connectivity index (χ0n) is 11.0. The van der Waals surface area contributed by atoms with Gasteiger partial charge in [0.05, 0.1) is 0 Å². The van der Waals surface area contributed by atoms with E-state index in [1.54, 1.807) is 6.21 Å². The molecular weight excluding hydrogens is 202 g/mol. The van der Waals surface area contributed by atoms with Crippen LogP contribution in [0, 0.1) is 5.41 Å². The molecule has 0 aromatic heterocycles. The van der Waals surface area contributed by atoms with Gasteiger partial charge in [-0.3, -0.25) is 9.79 Å². The Kier molecular flexibility index (Phi) is 5.42. The van der Waals surface area contributed by atoms with Crippen LogP contribution in [0.25, 0.3) is 0 Å². The Morgan fingerprint density at radius 1 is 1.31 bits per heavy atom. The summed E-state index contributed by atoms with van der Waals surface area (Å²) in [5.41, 5.74) is -0.412. The van der Waals surface area contributed by atoms with Crippen LogP contribution >= 0.6 is 0 Å². The molecule has 92 valence electrons. The van der Waals surface area contributed by atoms with E-state index in [0.29, 0.717) is 0 Å². The summed E-state index contributed by atoms with van der Waals surface area (Å²) in [6.07, 6.45) is 4.41. The van der Waals surface area contributed by atoms with Gasteiger partial charge in [0.2, 0.25) is 0 Å². The van der Waals surface area contributed by atoms with Crippen LogP contribution in [-0.2, 0) is 9.53 Å². The lowest BCUT2D eigenvalue weighted by Gasteiger charge is -2.19. The Morgan fingerprint density at radius 3 is 2.31 bits per heavy atom. The van der Waals surface area contributed by atoms with Crippen LogP contribution in [-0.4, -0.2) is 24.3 Å². The highest BCUT2D eigenvalue weighted by molar-refractivity contribution is 5.74. The maximum atomic E-state index is 11.3. The van der Waals surface area contributed by atoms with Crippen molar-refractivity contribution in [1.82, 2.24) is 0 Å². The molecule has 0 saturated heterocycles. The van der Waals surface area contributed by atoms with Gasteiger partial charge in [0.15, 0.2) is 0 Å². The molecule has 0 aliphatic carbocycles. The molecule has 3 heteroatoms. The van der Waals surface area contributed by atoms with Gasteiger partial charge in [0, 0.05) is 6.21 Å². The number of carbonyl (C=O) groups excluding carboxylic acids is 1. The Bertz CT molecular complexity index is 272. The van der Waals surface area contributed by atoms with E-state index in [4.69, 9.17) is 4.74 Å². The fourth-order valence-corrected chi connectivity index (χ4v) is 0.896. The van der Waals surface area contributed by atoms with Crippen molar-refractivity contribution in [1.29, 1.82) is 0 Å². The van der Waals surface area contributed by atoms with Crippen LogP contribution in [0.15, 0.2) is 17.6 Å². The van der Waals surface area contributed by atoms with Crippen molar-refractivity contribution in [2.24, 2.45) is 10.4 Å². The van der Waals surface area contributed by atoms with E-state index >= 15 is 0 Å². The molecule has 0 atom stereocenters. The zero-order valence-corrected chi connectivity index (χ0v) is 11.0. The maximum absolute atomic E-state index is 11.3. The quantitative estimate of drug-likeness (QED) is 0.410. The minimum absolute atomic E-state index is 0.0252. The van der Waals surface area contributed by atoms with Gasteiger partial charge < -0.3 is 4.74 Å². The molecule has 0 amide bonds. The summed E-state index contributed by atoms with van der Waals surface area (Å²) in [6.45, 7) is 13.5. The van der Waals surface area contributed by atoms with Crippen molar-refractivity contribution in [2.45, 2.75) is 46.6 Å². The molecule has 0 N–H and O–H groups in total. The molecule has 0 unspecified atom stereocenters. The highest BCUT2D eigenvalue weighted by Gasteiger charge is 2.15. The fraction of sp³-hybridized carbons (Fsp3) is 0.692. The molecule has 0 fully saturated rings. The number of aliphatic imine (C=N–C) groups is 1. The summed E-state index contributed by atoms with van der Waals surface area (Å²) < 4.78 is 5.12. The number of rotatable bonds is 5. The predicted molar refractivity (Wildman–Crippen MR) is 67.8 cm³/mol. The van der Waals surface area contributed by atoms with Gasteiger partial charge >= 0.3 is 5.97 Å². The summed E-state index contributed by atoms with van der Waals surface area (Å²) in [5.74, 6) is -0.292. The maximum Gasteiger partial charge on any atom is 0.328 e. The minimum Gasteiger partial charge on any atom is -0.459 e. The first-order valence-corrected chi connectivity index (χ1v) is 5.50. The third-order valence-corrected chi connectivity index (χ3v) is 1.94. The van der Waals surface area contributed by atoms with Gasteiger partial charge in [0.25, 0.3) is 0 Å². The third-order valence-electron chi connectivity index (χ3n) is 1.94. The first-order valence-electron chi connectivity index (χ1n) is 5.50. The number of esters is 1. The smallest absolute Gasteiger partial charge is 0.328 e. The van der Waals surface area contributed by atoms with E-state index in [-0.39, 0.29) is 17.9 Å². The van der Waals surface area contributed by atoms with E-state index in [1.807, 2.05) is 26.8 Å². The van der Waals surface area contributed by atoms with Gasteiger partial charge in [-0.15, -0.1) is 6.58 Å². The van der Waals surface area contributed by atoms with Gasteiger partial charge in [-0.05, 0) is 32.6 Å². The van der Waals surface area contributed by atoms with Crippen LogP contribution in [0.3, 0.4) is 0 Å². The Hall–Kier alpha value is -1.12. The van der Waals surface area contributed by atoms with Gasteiger partial charge in [-0.2, -0.15) is 0 Å². The second-order valence-electron chi connectivity index (χ2n) is 5.51. The lowest BCUT2D eigenvalue weighted by Crippen LogP contribution is -2.25. The van der Waals surface area contributed by atoms with Gasteiger partial charge in [0.1, 0.15) is 12.1 Å². The van der Waals surface area contributed by atoms with E-state index in [2.05, 4.69) is 25.4 Å². The van der Waals surface area contributed by atoms with Crippen LogP contribution in [0.2, 0.25) is 0 Å². The predicted octanol–water partition coefficient (Wildman–Crippen LogP) is 3.00. The number of hydrogen-bond donors (Lipinski definition) is 0. The summed E-state index contributed by atoms with van der Waals surface area (Å²) in [5, 5.41) is 0. The average Bonchev–Trinajstić information content (AvgIpc) is 2.10. The molecule has 0 aromatic rings. The molecule has 3 nitrogen and oxygen atoms in total. The topological polar surface area (TPSA) is 38.7 Å².